The highest BCUT2D eigenvalue weighted by molar-refractivity contribution is 7.09. The van der Waals surface area contributed by atoms with E-state index in [-0.39, 0.29) is 18.7 Å². The van der Waals surface area contributed by atoms with Crippen molar-refractivity contribution in [3.8, 4) is 0 Å². The van der Waals surface area contributed by atoms with Gasteiger partial charge in [-0.15, -0.1) is 0 Å². The number of rotatable bonds is 37. The molecule has 0 aliphatic rings. The molecule has 298 valence electrons. The Kier molecular flexibility index (Phi) is 54.0. The maximum absolute atomic E-state index is 12.5. The first-order valence-corrected chi connectivity index (χ1v) is 22.1. The molecular formula is C42H91N2O4P. The van der Waals surface area contributed by atoms with E-state index in [1.165, 1.54) is 141 Å². The summed E-state index contributed by atoms with van der Waals surface area (Å²) in [5.41, 5.74) is 5.58. The Bertz CT molecular complexity index is 561. The molecule has 3 N–H and O–H groups in total. The molecule has 0 saturated carbocycles. The van der Waals surface area contributed by atoms with Crippen LogP contribution < -0.4 is 5.73 Å². The number of carbonyl (C=O) groups excluding carboxylic acids is 1. The largest absolute Gasteiger partial charge is 0.462 e. The highest BCUT2D eigenvalue weighted by Crippen LogP contribution is 2.18. The summed E-state index contributed by atoms with van der Waals surface area (Å²) >= 11 is 0. The lowest BCUT2D eigenvalue weighted by molar-refractivity contribution is -0.150. The molecule has 0 aliphatic heterocycles. The molecule has 0 aromatic carbocycles. The summed E-state index contributed by atoms with van der Waals surface area (Å²) < 4.78 is 10.8. The molecular weight excluding hydrogens is 627 g/mol. The van der Waals surface area contributed by atoms with E-state index in [1.54, 1.807) is 0 Å². The van der Waals surface area contributed by atoms with E-state index in [9.17, 15) is 9.90 Å². The number of hydrogen-bond donors (Lipinski definition) is 2. The third-order valence-electron chi connectivity index (χ3n) is 9.12. The summed E-state index contributed by atoms with van der Waals surface area (Å²) in [5, 5.41) is 9.30. The smallest absolute Gasteiger partial charge is 0.306 e. The number of aliphatic hydroxyl groups is 1. The molecule has 0 bridgehead atoms. The predicted octanol–water partition coefficient (Wildman–Crippen LogP) is 12.3. The number of esters is 1. The van der Waals surface area contributed by atoms with Gasteiger partial charge in [-0.1, -0.05) is 157 Å². The molecule has 0 fully saturated rings. The van der Waals surface area contributed by atoms with Crippen molar-refractivity contribution in [1.82, 2.24) is 4.90 Å². The summed E-state index contributed by atoms with van der Waals surface area (Å²) in [6, 6.07) is 0. The van der Waals surface area contributed by atoms with Crippen LogP contribution in [0.15, 0.2) is 0 Å². The van der Waals surface area contributed by atoms with E-state index < -0.39 is 0 Å². The van der Waals surface area contributed by atoms with Gasteiger partial charge in [0.2, 0.25) is 0 Å². The summed E-state index contributed by atoms with van der Waals surface area (Å²) in [6.45, 7) is 15.6. The molecule has 0 heterocycles. The number of ether oxygens (including phenoxy) is 1. The molecule has 0 rings (SSSR count). The lowest BCUT2D eigenvalue weighted by Crippen LogP contribution is -2.29. The molecule has 0 aliphatic carbocycles. The van der Waals surface area contributed by atoms with Gasteiger partial charge >= 0.3 is 5.97 Å². The standard InChI is InChI=1S/C32H66N2O3.C8H19OP.C2H6/c1-3-5-7-9-12-17-23-31(24-18-13-10-8-6-4-2)37-32(36)25-19-14-11-15-21-27-34(29-30-35)28-22-16-20-26-33;1-2-3-4-5-6-7-8-9-10;1-2/h31,35H,3-30,33H2,1-2H3;2-8,10H2,1H3;1-2H3. The number of nitrogens with zero attached hydrogens (tertiary/aromatic N) is 1. The first kappa shape index (κ1) is 53.1. The Balaban J connectivity index is -0.00000150. The lowest BCUT2D eigenvalue weighted by Gasteiger charge is -2.21. The SMILES string of the molecule is CC.CCCCCCCCC(CCCCCCCC)OC(=O)CCCCCCCN(CCO)CCCCCN.CCCCCCCCOP. The zero-order valence-electron chi connectivity index (χ0n) is 34.1. The van der Waals surface area contributed by atoms with Crippen LogP contribution in [0.2, 0.25) is 0 Å². The van der Waals surface area contributed by atoms with Gasteiger partial charge in [0.1, 0.15) is 6.10 Å². The van der Waals surface area contributed by atoms with Gasteiger partial charge in [0.15, 0.2) is 0 Å². The molecule has 1 atom stereocenters. The molecule has 0 saturated heterocycles. The third-order valence-corrected chi connectivity index (χ3v) is 9.36. The van der Waals surface area contributed by atoms with E-state index in [1.807, 2.05) is 13.8 Å². The number of unbranched alkanes of at least 4 members (excludes halogenated alkanes) is 21. The normalized spacial score (nSPS) is 11.0. The lowest BCUT2D eigenvalue weighted by atomic mass is 10.0. The summed E-state index contributed by atoms with van der Waals surface area (Å²) in [7, 11) is 2.29. The molecule has 49 heavy (non-hydrogen) atoms. The minimum atomic E-state index is 0.0218. The highest BCUT2D eigenvalue weighted by atomic mass is 31.0. The molecule has 1 unspecified atom stereocenters. The van der Waals surface area contributed by atoms with Gasteiger partial charge in [-0.3, -0.25) is 4.79 Å². The zero-order chi connectivity index (χ0) is 36.9. The van der Waals surface area contributed by atoms with Crippen LogP contribution in [0.5, 0.6) is 0 Å². The summed E-state index contributed by atoms with van der Waals surface area (Å²) in [6.07, 6.45) is 35.3. The van der Waals surface area contributed by atoms with Crippen LogP contribution in [0, 0.1) is 0 Å². The number of hydrogen-bond acceptors (Lipinski definition) is 6. The average Bonchev–Trinajstić information content (AvgIpc) is 3.11. The topological polar surface area (TPSA) is 85.0 Å². The van der Waals surface area contributed by atoms with E-state index >= 15 is 0 Å². The van der Waals surface area contributed by atoms with Gasteiger partial charge in [-0.25, -0.2) is 0 Å². The van der Waals surface area contributed by atoms with Gasteiger partial charge in [0, 0.05) is 22.4 Å². The maximum Gasteiger partial charge on any atom is 0.306 e. The fourth-order valence-electron chi connectivity index (χ4n) is 6.05. The predicted molar refractivity (Wildman–Crippen MR) is 220 cm³/mol. The first-order chi connectivity index (χ1) is 24.1. The molecule has 7 heteroatoms. The minimum absolute atomic E-state index is 0.0218. The minimum Gasteiger partial charge on any atom is -0.462 e. The van der Waals surface area contributed by atoms with Gasteiger partial charge in [-0.05, 0) is 77.4 Å². The Morgan fingerprint density at radius 3 is 1.45 bits per heavy atom. The molecule has 0 spiro atoms. The second kappa shape index (κ2) is 49.9. The third kappa shape index (κ3) is 47.7. The van der Waals surface area contributed by atoms with E-state index in [0.717, 1.165) is 71.3 Å². The van der Waals surface area contributed by atoms with E-state index in [0.29, 0.717) is 6.42 Å². The quantitative estimate of drug-likeness (QED) is 0.0378. The molecule has 0 aromatic heterocycles. The fraction of sp³-hybridized carbons (Fsp3) is 0.976. The molecule has 6 nitrogen and oxygen atoms in total. The van der Waals surface area contributed by atoms with Crippen LogP contribution in [-0.2, 0) is 14.1 Å². The molecule has 0 radical (unpaired) electrons. The van der Waals surface area contributed by atoms with Crippen molar-refractivity contribution < 1.29 is 19.2 Å². The van der Waals surface area contributed by atoms with E-state index in [4.69, 9.17) is 15.0 Å². The van der Waals surface area contributed by atoms with E-state index in [2.05, 4.69) is 35.1 Å². The fourth-order valence-corrected chi connectivity index (χ4v) is 6.21. The first-order valence-electron chi connectivity index (χ1n) is 21.6. The maximum atomic E-state index is 12.5. The monoisotopic (exact) mass is 719 g/mol. The Morgan fingerprint density at radius 1 is 0.592 bits per heavy atom. The van der Waals surface area contributed by atoms with Crippen LogP contribution in [-0.4, -0.2) is 61.5 Å². The zero-order valence-corrected chi connectivity index (χ0v) is 35.3. The van der Waals surface area contributed by atoms with Crippen molar-refractivity contribution in [2.45, 2.75) is 227 Å². The Labute approximate surface area is 310 Å². The highest BCUT2D eigenvalue weighted by Gasteiger charge is 2.14. The van der Waals surface area contributed by atoms with Crippen molar-refractivity contribution in [3.63, 3.8) is 0 Å². The number of carbonyl (C=O) groups is 1. The second-order valence-electron chi connectivity index (χ2n) is 13.8. The molecule has 0 amide bonds. The van der Waals surface area contributed by atoms with Gasteiger partial charge in [0.05, 0.1) is 13.2 Å². The average molecular weight is 719 g/mol. The van der Waals surface area contributed by atoms with Crippen molar-refractivity contribution in [1.29, 1.82) is 0 Å². The molecule has 0 aromatic rings. The number of nitrogens with two attached hydrogens (primary N) is 1. The Hall–Kier alpha value is -0.260. The van der Waals surface area contributed by atoms with Crippen LogP contribution in [0.25, 0.3) is 0 Å². The summed E-state index contributed by atoms with van der Waals surface area (Å²) in [5.74, 6) is 0.0218. The van der Waals surface area contributed by atoms with Gasteiger partial charge in [0.25, 0.3) is 0 Å². The van der Waals surface area contributed by atoms with Crippen molar-refractivity contribution in [3.05, 3.63) is 0 Å². The van der Waals surface area contributed by atoms with Crippen LogP contribution in [0.1, 0.15) is 221 Å². The second-order valence-corrected chi connectivity index (χ2v) is 14.1. The van der Waals surface area contributed by atoms with Crippen molar-refractivity contribution in [2.24, 2.45) is 5.73 Å². The number of aliphatic hydroxyl groups excluding tert-OH is 1. The van der Waals surface area contributed by atoms with Gasteiger partial charge < -0.3 is 25.0 Å². The van der Waals surface area contributed by atoms with Crippen molar-refractivity contribution in [2.75, 3.05) is 39.4 Å². The van der Waals surface area contributed by atoms with Crippen LogP contribution in [0.3, 0.4) is 0 Å². The van der Waals surface area contributed by atoms with Crippen LogP contribution >= 0.6 is 9.47 Å². The summed E-state index contributed by atoms with van der Waals surface area (Å²) in [4.78, 5) is 14.9. The van der Waals surface area contributed by atoms with Gasteiger partial charge in [-0.2, -0.15) is 0 Å². The van der Waals surface area contributed by atoms with Crippen molar-refractivity contribution >= 4 is 15.4 Å². The van der Waals surface area contributed by atoms with Crippen LogP contribution in [0.4, 0.5) is 0 Å². The Morgan fingerprint density at radius 2 is 1.00 bits per heavy atom.